The van der Waals surface area contributed by atoms with Crippen molar-refractivity contribution in [1.29, 1.82) is 0 Å². The Labute approximate surface area is 148 Å². The monoisotopic (exact) mass is 354 g/mol. The molecule has 8 heteroatoms. The number of aromatic nitrogens is 1. The number of hydrogen-bond donors (Lipinski definition) is 1. The summed E-state index contributed by atoms with van der Waals surface area (Å²) in [6.07, 6.45) is 5.47. The highest BCUT2D eigenvalue weighted by atomic mass is 32.1. The number of nitro groups is 1. The summed E-state index contributed by atoms with van der Waals surface area (Å²) in [5.41, 5.74) is 1.82. The number of hydrogen-bond acceptors (Lipinski definition) is 4. The summed E-state index contributed by atoms with van der Waals surface area (Å²) in [5, 5.41) is 14.4. The van der Waals surface area contributed by atoms with Crippen LogP contribution < -0.4 is 5.32 Å². The number of carbonyl (C=O) groups excluding carboxylic acids is 1. The summed E-state index contributed by atoms with van der Waals surface area (Å²) in [4.78, 5) is 24.7. The molecule has 1 amide bonds. The topological polar surface area (TPSA) is 80.4 Å². The lowest BCUT2D eigenvalue weighted by Gasteiger charge is -2.11. The molecule has 2 aliphatic rings. The van der Waals surface area contributed by atoms with Crippen molar-refractivity contribution in [2.45, 2.75) is 18.9 Å². The summed E-state index contributed by atoms with van der Waals surface area (Å²) in [5.74, 6) is -0.126. The molecule has 1 aliphatic carbocycles. The molecular formula is C17H14N4O3S. The molecule has 25 heavy (non-hydrogen) atoms. The molecule has 4 rings (SSSR count). The van der Waals surface area contributed by atoms with Gasteiger partial charge in [-0.05, 0) is 49.3 Å². The molecule has 0 bridgehead atoms. The number of non-ortho nitro benzene ring substituents is 1. The lowest BCUT2D eigenvalue weighted by Crippen LogP contribution is -2.32. The van der Waals surface area contributed by atoms with Gasteiger partial charge < -0.3 is 9.88 Å². The molecule has 1 aliphatic heterocycles. The number of nitro benzene ring substituents is 1. The summed E-state index contributed by atoms with van der Waals surface area (Å²) in [6, 6.07) is 10.2. The fourth-order valence-electron chi connectivity index (χ4n) is 2.86. The van der Waals surface area contributed by atoms with Crippen LogP contribution in [0.5, 0.6) is 0 Å². The van der Waals surface area contributed by atoms with Gasteiger partial charge in [0, 0.05) is 30.1 Å². The van der Waals surface area contributed by atoms with Crippen molar-refractivity contribution in [3.05, 3.63) is 64.1 Å². The zero-order valence-electron chi connectivity index (χ0n) is 13.1. The van der Waals surface area contributed by atoms with Gasteiger partial charge in [0.15, 0.2) is 5.11 Å². The predicted molar refractivity (Wildman–Crippen MR) is 96.0 cm³/mol. The SMILES string of the molecule is O=C1/C(=C\c2cccn2-c2cccc([N+](=O)[O-])c2)NC(=S)N1C1CC1. The Hall–Kier alpha value is -3.00. The lowest BCUT2D eigenvalue weighted by atomic mass is 10.2. The van der Waals surface area contributed by atoms with Crippen molar-refractivity contribution in [3.8, 4) is 5.69 Å². The Balaban J connectivity index is 1.69. The third-order valence-corrected chi connectivity index (χ3v) is 4.51. The minimum absolute atomic E-state index is 0.0148. The van der Waals surface area contributed by atoms with Gasteiger partial charge in [0.25, 0.3) is 11.6 Å². The molecule has 1 aromatic carbocycles. The van der Waals surface area contributed by atoms with E-state index in [0.29, 0.717) is 16.5 Å². The van der Waals surface area contributed by atoms with Crippen molar-refractivity contribution in [3.63, 3.8) is 0 Å². The normalized spacial score (nSPS) is 18.7. The van der Waals surface area contributed by atoms with E-state index < -0.39 is 4.92 Å². The first-order valence-electron chi connectivity index (χ1n) is 7.83. The van der Waals surface area contributed by atoms with E-state index >= 15 is 0 Å². The third-order valence-electron chi connectivity index (χ3n) is 4.21. The predicted octanol–water partition coefficient (Wildman–Crippen LogP) is 2.61. The van der Waals surface area contributed by atoms with Crippen LogP contribution in [-0.2, 0) is 4.79 Å². The molecule has 1 aromatic heterocycles. The largest absolute Gasteiger partial charge is 0.328 e. The molecule has 1 saturated heterocycles. The maximum Gasteiger partial charge on any atom is 0.276 e. The molecule has 7 nitrogen and oxygen atoms in total. The average Bonchev–Trinajstić information content (AvgIpc) is 3.24. The van der Waals surface area contributed by atoms with Crippen molar-refractivity contribution < 1.29 is 9.72 Å². The molecule has 0 radical (unpaired) electrons. The highest BCUT2D eigenvalue weighted by molar-refractivity contribution is 7.80. The number of amides is 1. The number of carbonyl (C=O) groups is 1. The van der Waals surface area contributed by atoms with Crippen LogP contribution in [0.25, 0.3) is 11.8 Å². The molecule has 0 unspecified atom stereocenters. The fraction of sp³-hybridized carbons (Fsp3) is 0.176. The fourth-order valence-corrected chi connectivity index (χ4v) is 3.21. The summed E-state index contributed by atoms with van der Waals surface area (Å²) < 4.78 is 1.79. The Morgan fingerprint density at radius 2 is 2.08 bits per heavy atom. The first kappa shape index (κ1) is 15.5. The molecule has 1 N–H and O–H groups in total. The first-order chi connectivity index (χ1) is 12.0. The van der Waals surface area contributed by atoms with Crippen LogP contribution in [-0.4, -0.2) is 31.5 Å². The molecule has 2 fully saturated rings. The van der Waals surface area contributed by atoms with Gasteiger partial charge in [-0.2, -0.15) is 0 Å². The van der Waals surface area contributed by atoms with E-state index in [1.807, 2.05) is 12.1 Å². The van der Waals surface area contributed by atoms with E-state index in [1.165, 1.54) is 12.1 Å². The van der Waals surface area contributed by atoms with Crippen molar-refractivity contribution in [2.24, 2.45) is 0 Å². The standard InChI is InChI=1S/C17H14N4O3S/c22-16-15(18-17(25)20(16)11-6-7-11)10-13-5-2-8-19(13)12-3-1-4-14(9-12)21(23)24/h1-5,8-11H,6-7H2,(H,18,25)/b15-10+. The van der Waals surface area contributed by atoms with Crippen molar-refractivity contribution >= 4 is 35.0 Å². The highest BCUT2D eigenvalue weighted by Crippen LogP contribution is 2.31. The van der Waals surface area contributed by atoms with Gasteiger partial charge in [-0.25, -0.2) is 0 Å². The van der Waals surface area contributed by atoms with Crippen LogP contribution in [0.1, 0.15) is 18.5 Å². The molecular weight excluding hydrogens is 340 g/mol. The van der Waals surface area contributed by atoms with E-state index in [1.54, 1.807) is 33.9 Å². The Bertz CT molecular complexity index is 929. The maximum atomic E-state index is 12.5. The van der Waals surface area contributed by atoms with E-state index in [4.69, 9.17) is 12.2 Å². The second-order valence-corrected chi connectivity index (χ2v) is 6.36. The van der Waals surface area contributed by atoms with Gasteiger partial charge in [0.2, 0.25) is 0 Å². The quantitative estimate of drug-likeness (QED) is 0.395. The zero-order valence-corrected chi connectivity index (χ0v) is 13.9. The molecule has 0 atom stereocenters. The van der Waals surface area contributed by atoms with Crippen LogP contribution >= 0.6 is 12.2 Å². The maximum absolute atomic E-state index is 12.5. The van der Waals surface area contributed by atoms with Gasteiger partial charge in [0.05, 0.1) is 10.6 Å². The zero-order chi connectivity index (χ0) is 17.6. The highest BCUT2D eigenvalue weighted by Gasteiger charge is 2.41. The van der Waals surface area contributed by atoms with Gasteiger partial charge in [-0.15, -0.1) is 0 Å². The Morgan fingerprint density at radius 1 is 1.28 bits per heavy atom. The van der Waals surface area contributed by atoms with E-state index in [2.05, 4.69) is 5.32 Å². The summed E-state index contributed by atoms with van der Waals surface area (Å²) in [7, 11) is 0. The molecule has 1 saturated carbocycles. The van der Waals surface area contributed by atoms with Crippen molar-refractivity contribution in [2.75, 3.05) is 0 Å². The average molecular weight is 354 g/mol. The van der Waals surface area contributed by atoms with Gasteiger partial charge in [-0.3, -0.25) is 19.8 Å². The summed E-state index contributed by atoms with van der Waals surface area (Å²) >= 11 is 5.25. The van der Waals surface area contributed by atoms with Crippen molar-refractivity contribution in [1.82, 2.24) is 14.8 Å². The second kappa shape index (κ2) is 5.82. The van der Waals surface area contributed by atoms with Crippen LogP contribution in [0, 0.1) is 10.1 Å². The Kier molecular flexibility index (Phi) is 3.61. The van der Waals surface area contributed by atoms with Crippen LogP contribution in [0.3, 0.4) is 0 Å². The second-order valence-electron chi connectivity index (χ2n) is 5.97. The van der Waals surface area contributed by atoms with Crippen LogP contribution in [0.2, 0.25) is 0 Å². The molecule has 2 aromatic rings. The minimum Gasteiger partial charge on any atom is -0.328 e. The van der Waals surface area contributed by atoms with E-state index in [9.17, 15) is 14.9 Å². The van der Waals surface area contributed by atoms with Crippen LogP contribution in [0.15, 0.2) is 48.3 Å². The van der Waals surface area contributed by atoms with E-state index in [0.717, 1.165) is 18.5 Å². The number of nitrogens with one attached hydrogen (secondary N) is 1. The smallest absolute Gasteiger partial charge is 0.276 e. The van der Waals surface area contributed by atoms with Gasteiger partial charge >= 0.3 is 0 Å². The lowest BCUT2D eigenvalue weighted by molar-refractivity contribution is -0.384. The summed E-state index contributed by atoms with van der Waals surface area (Å²) in [6.45, 7) is 0. The molecule has 0 spiro atoms. The van der Waals surface area contributed by atoms with E-state index in [-0.39, 0.29) is 17.6 Å². The number of benzene rings is 1. The van der Waals surface area contributed by atoms with Gasteiger partial charge in [0.1, 0.15) is 5.70 Å². The minimum atomic E-state index is -0.431. The molecule has 126 valence electrons. The molecule has 2 heterocycles. The number of rotatable bonds is 4. The number of nitrogens with zero attached hydrogens (tertiary/aromatic N) is 3. The number of thiocarbonyl (C=S) groups is 1. The van der Waals surface area contributed by atoms with Gasteiger partial charge in [-0.1, -0.05) is 6.07 Å². The first-order valence-corrected chi connectivity index (χ1v) is 8.24. The third kappa shape index (κ3) is 2.80. The Morgan fingerprint density at radius 3 is 2.80 bits per heavy atom. The van der Waals surface area contributed by atoms with Crippen LogP contribution in [0.4, 0.5) is 5.69 Å².